The number of aliphatic hydroxyl groups excluding tert-OH is 2. The SMILES string of the molecule is C=C1[C@H](O)CC(=C/C=C2\CCC[C@]3(C)[C@@H](C)CC[C@@H]23)C[C@H]1O. The maximum absolute atomic E-state index is 9.96. The highest BCUT2D eigenvalue weighted by atomic mass is 16.3. The summed E-state index contributed by atoms with van der Waals surface area (Å²) in [5.41, 5.74) is 3.81. The van der Waals surface area contributed by atoms with Crippen molar-refractivity contribution in [2.24, 2.45) is 17.3 Å². The van der Waals surface area contributed by atoms with Crippen LogP contribution in [0.15, 0.2) is 35.5 Å². The van der Waals surface area contributed by atoms with E-state index < -0.39 is 12.2 Å². The second-order valence-corrected chi connectivity index (χ2v) is 7.97. The quantitative estimate of drug-likeness (QED) is 0.714. The topological polar surface area (TPSA) is 40.5 Å². The number of fused-ring (bicyclic) bond motifs is 1. The van der Waals surface area contributed by atoms with E-state index in [1.807, 2.05) is 0 Å². The summed E-state index contributed by atoms with van der Waals surface area (Å²) >= 11 is 0. The standard InChI is InChI=1S/C20H30O2/c1-13-6-9-17-16(5-4-10-20(13,17)3)8-7-15-11-18(21)14(2)19(22)12-15/h7-8,13,17-19,21-22H,2,4-6,9-12H2,1,3H3/b16-8+/t13-,17-,18+,19+,20+/m0/s1. The van der Waals surface area contributed by atoms with Gasteiger partial charge in [0, 0.05) is 0 Å². The zero-order valence-corrected chi connectivity index (χ0v) is 14.0. The van der Waals surface area contributed by atoms with E-state index in [1.54, 1.807) is 5.57 Å². The lowest BCUT2D eigenvalue weighted by Gasteiger charge is -2.41. The first-order valence-corrected chi connectivity index (χ1v) is 8.85. The van der Waals surface area contributed by atoms with Crippen molar-refractivity contribution in [1.82, 2.24) is 0 Å². The van der Waals surface area contributed by atoms with Crippen molar-refractivity contribution in [3.8, 4) is 0 Å². The molecule has 0 aliphatic heterocycles. The Labute approximate surface area is 134 Å². The van der Waals surface area contributed by atoms with Crippen molar-refractivity contribution in [3.63, 3.8) is 0 Å². The minimum Gasteiger partial charge on any atom is -0.388 e. The molecule has 22 heavy (non-hydrogen) atoms. The van der Waals surface area contributed by atoms with Gasteiger partial charge in [-0.2, -0.15) is 0 Å². The fraction of sp³-hybridized carbons (Fsp3) is 0.700. The Morgan fingerprint density at radius 2 is 1.82 bits per heavy atom. The van der Waals surface area contributed by atoms with Crippen LogP contribution in [0.4, 0.5) is 0 Å². The maximum Gasteiger partial charge on any atom is 0.0809 e. The van der Waals surface area contributed by atoms with Crippen LogP contribution in [0, 0.1) is 17.3 Å². The molecular weight excluding hydrogens is 272 g/mol. The third-order valence-electron chi connectivity index (χ3n) is 6.74. The molecule has 0 aromatic heterocycles. The number of rotatable bonds is 1. The normalized spacial score (nSPS) is 44.3. The Hall–Kier alpha value is -0.860. The molecule has 3 fully saturated rings. The molecule has 0 heterocycles. The van der Waals surface area contributed by atoms with Crippen molar-refractivity contribution < 1.29 is 10.2 Å². The van der Waals surface area contributed by atoms with Gasteiger partial charge >= 0.3 is 0 Å². The summed E-state index contributed by atoms with van der Waals surface area (Å²) in [5, 5.41) is 19.9. The van der Waals surface area contributed by atoms with Gasteiger partial charge in [-0.05, 0) is 67.8 Å². The number of hydrogen-bond acceptors (Lipinski definition) is 2. The van der Waals surface area contributed by atoms with E-state index in [0.717, 1.165) is 17.4 Å². The van der Waals surface area contributed by atoms with E-state index in [4.69, 9.17) is 0 Å². The minimum absolute atomic E-state index is 0.489. The van der Waals surface area contributed by atoms with Crippen molar-refractivity contribution in [2.45, 2.75) is 71.0 Å². The molecule has 0 saturated heterocycles. The van der Waals surface area contributed by atoms with Crippen LogP contribution in [0.3, 0.4) is 0 Å². The Bertz CT molecular complexity index is 500. The van der Waals surface area contributed by atoms with E-state index in [1.165, 1.54) is 32.1 Å². The average molecular weight is 302 g/mol. The monoisotopic (exact) mass is 302 g/mol. The third kappa shape index (κ3) is 2.72. The van der Waals surface area contributed by atoms with Crippen molar-refractivity contribution in [1.29, 1.82) is 0 Å². The molecule has 0 aromatic rings. The Balaban J connectivity index is 1.78. The second-order valence-electron chi connectivity index (χ2n) is 7.97. The molecule has 122 valence electrons. The van der Waals surface area contributed by atoms with Crippen LogP contribution in [-0.4, -0.2) is 22.4 Å². The smallest absolute Gasteiger partial charge is 0.0809 e. The van der Waals surface area contributed by atoms with Crippen LogP contribution in [0.1, 0.15) is 58.8 Å². The number of allylic oxidation sites excluding steroid dienone is 3. The molecule has 0 aromatic carbocycles. The molecule has 2 heteroatoms. The van der Waals surface area contributed by atoms with Gasteiger partial charge < -0.3 is 10.2 Å². The predicted octanol–water partition coefficient (Wildman–Crippen LogP) is 4.15. The molecule has 0 bridgehead atoms. The number of hydrogen-bond donors (Lipinski definition) is 2. The van der Waals surface area contributed by atoms with E-state index in [0.29, 0.717) is 23.8 Å². The van der Waals surface area contributed by atoms with E-state index in [9.17, 15) is 10.2 Å². The Morgan fingerprint density at radius 1 is 1.14 bits per heavy atom. The number of aliphatic hydroxyl groups is 2. The van der Waals surface area contributed by atoms with Crippen LogP contribution in [-0.2, 0) is 0 Å². The highest BCUT2D eigenvalue weighted by molar-refractivity contribution is 5.29. The maximum atomic E-state index is 9.96. The van der Waals surface area contributed by atoms with Crippen LogP contribution in [0.2, 0.25) is 0 Å². The summed E-state index contributed by atoms with van der Waals surface area (Å²) in [5.74, 6) is 1.57. The fourth-order valence-corrected chi connectivity index (χ4v) is 4.92. The zero-order valence-electron chi connectivity index (χ0n) is 14.0. The molecule has 0 amide bonds. The van der Waals surface area contributed by atoms with E-state index in [-0.39, 0.29) is 0 Å². The first-order valence-electron chi connectivity index (χ1n) is 8.85. The lowest BCUT2D eigenvalue weighted by atomic mass is 9.64. The van der Waals surface area contributed by atoms with Gasteiger partial charge in [-0.25, -0.2) is 0 Å². The molecular formula is C20H30O2. The van der Waals surface area contributed by atoms with Crippen LogP contribution in [0.5, 0.6) is 0 Å². The first kappa shape index (κ1) is 16.0. The molecule has 3 rings (SSSR count). The molecule has 2 N–H and O–H groups in total. The van der Waals surface area contributed by atoms with Gasteiger partial charge in [0.15, 0.2) is 0 Å². The van der Waals surface area contributed by atoms with Gasteiger partial charge in [-0.15, -0.1) is 0 Å². The molecule has 5 atom stereocenters. The van der Waals surface area contributed by atoms with Crippen LogP contribution in [0.25, 0.3) is 0 Å². The van der Waals surface area contributed by atoms with Crippen LogP contribution >= 0.6 is 0 Å². The predicted molar refractivity (Wildman–Crippen MR) is 90.4 cm³/mol. The summed E-state index contributed by atoms with van der Waals surface area (Å²) < 4.78 is 0. The highest BCUT2D eigenvalue weighted by Gasteiger charge is 2.46. The lowest BCUT2D eigenvalue weighted by Crippen LogP contribution is -2.32. The zero-order chi connectivity index (χ0) is 15.9. The summed E-state index contributed by atoms with van der Waals surface area (Å²) in [6.45, 7) is 8.68. The third-order valence-corrected chi connectivity index (χ3v) is 6.74. The fourth-order valence-electron chi connectivity index (χ4n) is 4.92. The molecule has 3 aliphatic rings. The minimum atomic E-state index is -0.587. The summed E-state index contributed by atoms with van der Waals surface area (Å²) in [6.07, 6.45) is 11.1. The molecule has 3 aliphatic carbocycles. The van der Waals surface area contributed by atoms with Crippen molar-refractivity contribution in [2.75, 3.05) is 0 Å². The van der Waals surface area contributed by atoms with Gasteiger partial charge in [0.2, 0.25) is 0 Å². The van der Waals surface area contributed by atoms with Gasteiger partial charge in [0.25, 0.3) is 0 Å². The molecule has 0 unspecified atom stereocenters. The molecule has 0 spiro atoms. The van der Waals surface area contributed by atoms with Crippen LogP contribution < -0.4 is 0 Å². The van der Waals surface area contributed by atoms with E-state index >= 15 is 0 Å². The second kappa shape index (κ2) is 5.98. The van der Waals surface area contributed by atoms with Crippen molar-refractivity contribution in [3.05, 3.63) is 35.5 Å². The van der Waals surface area contributed by atoms with Gasteiger partial charge in [0.05, 0.1) is 12.2 Å². The first-order chi connectivity index (χ1) is 10.4. The van der Waals surface area contributed by atoms with Gasteiger partial charge in [-0.1, -0.05) is 43.7 Å². The lowest BCUT2D eigenvalue weighted by molar-refractivity contribution is 0.123. The van der Waals surface area contributed by atoms with Gasteiger partial charge in [0.1, 0.15) is 0 Å². The van der Waals surface area contributed by atoms with E-state index in [2.05, 4.69) is 32.6 Å². The Morgan fingerprint density at radius 3 is 2.50 bits per heavy atom. The average Bonchev–Trinajstić information content (AvgIpc) is 2.78. The largest absolute Gasteiger partial charge is 0.388 e. The Kier molecular flexibility index (Phi) is 4.35. The summed E-state index contributed by atoms with van der Waals surface area (Å²) in [6, 6.07) is 0. The summed E-state index contributed by atoms with van der Waals surface area (Å²) in [7, 11) is 0. The summed E-state index contributed by atoms with van der Waals surface area (Å²) in [4.78, 5) is 0. The van der Waals surface area contributed by atoms with Gasteiger partial charge in [-0.3, -0.25) is 0 Å². The molecule has 2 nitrogen and oxygen atoms in total. The molecule has 0 radical (unpaired) electrons. The highest BCUT2D eigenvalue weighted by Crippen LogP contribution is 2.57. The molecule has 3 saturated carbocycles. The van der Waals surface area contributed by atoms with Crippen molar-refractivity contribution >= 4 is 0 Å².